The largest absolute Gasteiger partial charge is 0.394 e. The summed E-state index contributed by atoms with van der Waals surface area (Å²) in [6.07, 6.45) is -1.87. The molecule has 2 heterocycles. The molecule has 84 valence electrons. The molecular formula is C9H12F3N3. The fraction of sp³-hybridized carbons (Fsp3) is 0.667. The van der Waals surface area contributed by atoms with Crippen molar-refractivity contribution in [3.05, 3.63) is 17.7 Å². The van der Waals surface area contributed by atoms with E-state index in [2.05, 4.69) is 15.3 Å². The lowest BCUT2D eigenvalue weighted by Crippen LogP contribution is -2.15. The van der Waals surface area contributed by atoms with Crippen LogP contribution in [0.15, 0.2) is 6.20 Å². The highest BCUT2D eigenvalue weighted by Gasteiger charge is 2.29. The third-order valence-electron chi connectivity index (χ3n) is 2.43. The number of halogens is 3. The molecule has 0 spiro atoms. The molecule has 1 fully saturated rings. The van der Waals surface area contributed by atoms with E-state index in [-0.39, 0.29) is 11.7 Å². The second-order valence-electron chi connectivity index (χ2n) is 3.73. The average molecular weight is 219 g/mol. The molecule has 1 aromatic rings. The summed E-state index contributed by atoms with van der Waals surface area (Å²) >= 11 is 0. The second kappa shape index (κ2) is 3.84. The molecule has 2 N–H and O–H groups in total. The minimum absolute atomic E-state index is 0.0898. The molecule has 0 aliphatic carbocycles. The van der Waals surface area contributed by atoms with Crippen molar-refractivity contribution in [1.82, 2.24) is 15.3 Å². The Labute approximate surface area is 85.1 Å². The van der Waals surface area contributed by atoms with Crippen molar-refractivity contribution >= 4 is 0 Å². The zero-order chi connectivity index (χ0) is 10.9. The summed E-state index contributed by atoms with van der Waals surface area (Å²) in [6, 6.07) is 0.0898. The van der Waals surface area contributed by atoms with Gasteiger partial charge < -0.3 is 10.3 Å². The normalized spacial score (nSPS) is 22.2. The molecule has 0 aromatic carbocycles. The van der Waals surface area contributed by atoms with E-state index in [0.29, 0.717) is 5.82 Å². The van der Waals surface area contributed by atoms with Gasteiger partial charge in [0.2, 0.25) is 0 Å². The summed E-state index contributed by atoms with van der Waals surface area (Å²) in [5.41, 5.74) is 0.131. The Balaban J connectivity index is 2.03. The number of alkyl halides is 3. The molecule has 0 radical (unpaired) electrons. The molecule has 1 aromatic heterocycles. The Hall–Kier alpha value is -1.04. The molecule has 0 saturated carbocycles. The summed E-state index contributed by atoms with van der Waals surface area (Å²) in [6.45, 7) is 0.903. The number of imidazole rings is 1. The van der Waals surface area contributed by atoms with Crippen LogP contribution in [0.2, 0.25) is 0 Å². The first-order valence-corrected chi connectivity index (χ1v) is 4.88. The predicted octanol–water partition coefficient (Wildman–Crippen LogP) is 1.94. The summed E-state index contributed by atoms with van der Waals surface area (Å²) in [5.74, 6) is 0.617. The van der Waals surface area contributed by atoms with E-state index in [1.54, 1.807) is 0 Å². The number of aromatic amines is 1. The van der Waals surface area contributed by atoms with E-state index in [1.165, 1.54) is 6.20 Å². The Bertz CT molecular complexity index is 326. The van der Waals surface area contributed by atoms with Crippen LogP contribution in [0.1, 0.15) is 30.4 Å². The van der Waals surface area contributed by atoms with Gasteiger partial charge in [-0.3, -0.25) is 0 Å². The molecule has 1 aliphatic rings. The number of hydrogen-bond acceptors (Lipinski definition) is 2. The van der Waals surface area contributed by atoms with E-state index >= 15 is 0 Å². The molecule has 1 aliphatic heterocycles. The first-order valence-electron chi connectivity index (χ1n) is 4.88. The Morgan fingerprint density at radius 3 is 2.87 bits per heavy atom. The van der Waals surface area contributed by atoms with Crippen molar-refractivity contribution in [1.29, 1.82) is 0 Å². The number of aromatic nitrogens is 2. The van der Waals surface area contributed by atoms with Crippen LogP contribution < -0.4 is 5.32 Å². The van der Waals surface area contributed by atoms with Crippen molar-refractivity contribution in [3.8, 4) is 0 Å². The SMILES string of the molecule is FC(F)(F)Cc1cnc([C@@H]2CCCN2)[nH]1. The number of rotatable bonds is 2. The minimum Gasteiger partial charge on any atom is -0.344 e. The van der Waals surface area contributed by atoms with E-state index in [0.717, 1.165) is 19.4 Å². The van der Waals surface area contributed by atoms with Crippen molar-refractivity contribution in [2.24, 2.45) is 0 Å². The highest BCUT2D eigenvalue weighted by atomic mass is 19.4. The number of nitrogens with zero attached hydrogens (tertiary/aromatic N) is 1. The van der Waals surface area contributed by atoms with Gasteiger partial charge in [0.15, 0.2) is 0 Å². The first-order chi connectivity index (χ1) is 7.04. The van der Waals surface area contributed by atoms with Crippen LogP contribution in [-0.2, 0) is 6.42 Å². The second-order valence-corrected chi connectivity index (χ2v) is 3.73. The Morgan fingerprint density at radius 2 is 2.27 bits per heavy atom. The van der Waals surface area contributed by atoms with Gasteiger partial charge in [0, 0.05) is 11.9 Å². The third kappa shape index (κ3) is 2.71. The Kier molecular flexibility index (Phi) is 2.68. The van der Waals surface area contributed by atoms with E-state index in [9.17, 15) is 13.2 Å². The fourth-order valence-electron chi connectivity index (χ4n) is 1.78. The molecular weight excluding hydrogens is 207 g/mol. The van der Waals surface area contributed by atoms with Crippen LogP contribution in [0.25, 0.3) is 0 Å². The van der Waals surface area contributed by atoms with Gasteiger partial charge in [-0.15, -0.1) is 0 Å². The maximum Gasteiger partial charge on any atom is 0.394 e. The van der Waals surface area contributed by atoms with Gasteiger partial charge in [-0.05, 0) is 19.4 Å². The molecule has 0 bridgehead atoms. The van der Waals surface area contributed by atoms with Crippen LogP contribution >= 0.6 is 0 Å². The number of H-pyrrole nitrogens is 1. The zero-order valence-electron chi connectivity index (χ0n) is 8.06. The first kappa shape index (κ1) is 10.5. The van der Waals surface area contributed by atoms with Gasteiger partial charge in [0.05, 0.1) is 12.5 Å². The van der Waals surface area contributed by atoms with Crippen LogP contribution in [0.5, 0.6) is 0 Å². The van der Waals surface area contributed by atoms with Crippen LogP contribution in [0.4, 0.5) is 13.2 Å². The molecule has 0 unspecified atom stereocenters. The van der Waals surface area contributed by atoms with E-state index in [1.807, 2.05) is 0 Å². The zero-order valence-corrected chi connectivity index (χ0v) is 8.06. The van der Waals surface area contributed by atoms with Gasteiger partial charge in [0.25, 0.3) is 0 Å². The van der Waals surface area contributed by atoms with Gasteiger partial charge in [-0.25, -0.2) is 4.98 Å². The minimum atomic E-state index is -4.17. The van der Waals surface area contributed by atoms with E-state index in [4.69, 9.17) is 0 Å². The van der Waals surface area contributed by atoms with Crippen LogP contribution in [0, 0.1) is 0 Å². The summed E-state index contributed by atoms with van der Waals surface area (Å²) < 4.78 is 36.2. The lowest BCUT2D eigenvalue weighted by Gasteiger charge is -2.06. The van der Waals surface area contributed by atoms with Crippen molar-refractivity contribution in [2.45, 2.75) is 31.5 Å². The number of hydrogen-bond donors (Lipinski definition) is 2. The van der Waals surface area contributed by atoms with Gasteiger partial charge in [-0.1, -0.05) is 0 Å². The average Bonchev–Trinajstić information content (AvgIpc) is 2.68. The van der Waals surface area contributed by atoms with Gasteiger partial charge in [-0.2, -0.15) is 13.2 Å². The smallest absolute Gasteiger partial charge is 0.344 e. The molecule has 1 saturated heterocycles. The topological polar surface area (TPSA) is 40.7 Å². The monoisotopic (exact) mass is 219 g/mol. The summed E-state index contributed by atoms with van der Waals surface area (Å²) in [5, 5.41) is 3.17. The number of nitrogens with one attached hydrogen (secondary N) is 2. The van der Waals surface area contributed by atoms with Crippen molar-refractivity contribution in [3.63, 3.8) is 0 Å². The predicted molar refractivity (Wildman–Crippen MR) is 48.3 cm³/mol. The quantitative estimate of drug-likeness (QED) is 0.798. The lowest BCUT2D eigenvalue weighted by atomic mass is 10.2. The van der Waals surface area contributed by atoms with Crippen molar-refractivity contribution < 1.29 is 13.2 Å². The van der Waals surface area contributed by atoms with E-state index < -0.39 is 12.6 Å². The Morgan fingerprint density at radius 1 is 1.47 bits per heavy atom. The molecule has 15 heavy (non-hydrogen) atoms. The maximum absolute atomic E-state index is 12.1. The lowest BCUT2D eigenvalue weighted by molar-refractivity contribution is -0.127. The summed E-state index contributed by atoms with van der Waals surface area (Å²) in [7, 11) is 0. The highest BCUT2D eigenvalue weighted by molar-refractivity contribution is 5.07. The third-order valence-corrected chi connectivity index (χ3v) is 2.43. The molecule has 0 amide bonds. The van der Waals surface area contributed by atoms with Crippen LogP contribution in [-0.4, -0.2) is 22.7 Å². The highest BCUT2D eigenvalue weighted by Crippen LogP contribution is 2.23. The van der Waals surface area contributed by atoms with Gasteiger partial charge in [0.1, 0.15) is 5.82 Å². The summed E-state index contributed by atoms with van der Waals surface area (Å²) in [4.78, 5) is 6.68. The van der Waals surface area contributed by atoms with Crippen LogP contribution in [0.3, 0.4) is 0 Å². The molecule has 2 rings (SSSR count). The standard InChI is InChI=1S/C9H12F3N3/c10-9(11,12)4-6-5-14-8(15-6)7-2-1-3-13-7/h5,7,13H,1-4H2,(H,14,15)/t7-/m0/s1. The van der Waals surface area contributed by atoms with Gasteiger partial charge >= 0.3 is 6.18 Å². The maximum atomic E-state index is 12.1. The van der Waals surface area contributed by atoms with Crippen molar-refractivity contribution in [2.75, 3.05) is 6.54 Å². The fourth-order valence-corrected chi connectivity index (χ4v) is 1.78. The molecule has 6 heteroatoms. The molecule has 3 nitrogen and oxygen atoms in total. The molecule has 1 atom stereocenters.